The van der Waals surface area contributed by atoms with E-state index in [1.165, 1.54) is 35.5 Å². The molecule has 180 valence electrons. The molecule has 1 unspecified atom stereocenters. The molecule has 0 amide bonds. The molecule has 0 spiro atoms. The Morgan fingerprint density at radius 3 is 2.33 bits per heavy atom. The molecule has 2 aromatic carbocycles. The Hall–Kier alpha value is -1.95. The molecule has 1 nitrogen and oxygen atoms in total. The summed E-state index contributed by atoms with van der Waals surface area (Å²) in [5.74, 6) is 9.06. The van der Waals surface area contributed by atoms with E-state index in [-0.39, 0.29) is 5.41 Å². The van der Waals surface area contributed by atoms with E-state index < -0.39 is 10.0 Å². The van der Waals surface area contributed by atoms with Gasteiger partial charge in [-0.3, -0.25) is 4.90 Å². The number of aryl methyl sites for hydroxylation is 1. The molecule has 0 saturated carbocycles. The summed E-state index contributed by atoms with van der Waals surface area (Å²) >= 11 is 0. The van der Waals surface area contributed by atoms with Crippen LogP contribution in [0, 0.1) is 17.3 Å². The Morgan fingerprint density at radius 1 is 0.939 bits per heavy atom. The van der Waals surface area contributed by atoms with Crippen LogP contribution in [0.2, 0.25) is 0 Å². The van der Waals surface area contributed by atoms with Crippen LogP contribution in [0.3, 0.4) is 0 Å². The van der Waals surface area contributed by atoms with E-state index in [2.05, 4.69) is 118 Å². The van der Waals surface area contributed by atoms with Gasteiger partial charge in [0, 0.05) is 18.5 Å². The predicted molar refractivity (Wildman–Crippen MR) is 150 cm³/mol. The molecule has 33 heavy (non-hydrogen) atoms. The van der Waals surface area contributed by atoms with Crippen molar-refractivity contribution in [2.24, 2.45) is 5.41 Å². The minimum atomic E-state index is -0.779. The van der Waals surface area contributed by atoms with Crippen molar-refractivity contribution in [2.45, 2.75) is 65.3 Å². The number of unbranched alkanes of at least 4 members (excludes halogenated alkanes) is 1. The van der Waals surface area contributed by atoms with Gasteiger partial charge in [0.05, 0.1) is 0 Å². The molecule has 0 aromatic heterocycles. The molecule has 1 atom stereocenters. The third-order valence-corrected chi connectivity index (χ3v) is 9.66. The second-order valence-electron chi connectivity index (χ2n) is 10.2. The van der Waals surface area contributed by atoms with E-state index >= 15 is 0 Å². The summed E-state index contributed by atoms with van der Waals surface area (Å²) in [6, 6.07) is 20.5. The van der Waals surface area contributed by atoms with Crippen LogP contribution in [0.1, 0.15) is 58.6 Å². The molecule has 0 aliphatic heterocycles. The van der Waals surface area contributed by atoms with Gasteiger partial charge in [0.25, 0.3) is 0 Å². The fourth-order valence-electron chi connectivity index (χ4n) is 3.86. The van der Waals surface area contributed by atoms with Crippen molar-refractivity contribution in [3.8, 4) is 11.8 Å². The van der Waals surface area contributed by atoms with Crippen molar-refractivity contribution >= 4 is 10.0 Å². The summed E-state index contributed by atoms with van der Waals surface area (Å²) in [5, 5.41) is 0. The lowest BCUT2D eigenvalue weighted by Crippen LogP contribution is -2.22. The first-order chi connectivity index (χ1) is 15.8. The molecule has 0 aliphatic carbocycles. The number of nitrogens with zero attached hydrogens (tertiary/aromatic N) is 1. The Morgan fingerprint density at radius 2 is 1.67 bits per heavy atom. The van der Waals surface area contributed by atoms with Gasteiger partial charge >= 0.3 is 0 Å². The molecule has 0 N–H and O–H groups in total. The van der Waals surface area contributed by atoms with E-state index in [9.17, 15) is 0 Å². The van der Waals surface area contributed by atoms with E-state index in [1.807, 2.05) is 6.08 Å². The van der Waals surface area contributed by atoms with Crippen LogP contribution in [0.15, 0.2) is 71.6 Å². The molecule has 0 fully saturated rings. The average Bonchev–Trinajstić information content (AvgIpc) is 2.80. The highest BCUT2D eigenvalue weighted by molar-refractivity contribution is 8.33. The second-order valence-corrected chi connectivity index (χ2v) is 14.0. The van der Waals surface area contributed by atoms with Gasteiger partial charge in [0.15, 0.2) is 0 Å². The van der Waals surface area contributed by atoms with Crippen molar-refractivity contribution in [1.29, 1.82) is 0 Å². The Bertz CT molecular complexity index is 913. The minimum absolute atomic E-state index is 0.0596. The Labute approximate surface area is 206 Å². The largest absolute Gasteiger partial charge is 0.296 e. The van der Waals surface area contributed by atoms with Gasteiger partial charge < -0.3 is 0 Å². The van der Waals surface area contributed by atoms with Crippen molar-refractivity contribution < 1.29 is 0 Å². The lowest BCUT2D eigenvalue weighted by atomic mass is 9.98. The second kappa shape index (κ2) is 13.7. The van der Waals surface area contributed by atoms with Gasteiger partial charge in [-0.05, 0) is 80.0 Å². The topological polar surface area (TPSA) is 3.24 Å². The fraction of sp³-hybridized carbons (Fsp3) is 0.484. The number of hydrogen-bond acceptors (Lipinski definition) is 1. The molecule has 0 saturated heterocycles. The van der Waals surface area contributed by atoms with E-state index in [0.717, 1.165) is 26.1 Å². The number of benzene rings is 2. The zero-order chi connectivity index (χ0) is 24.2. The van der Waals surface area contributed by atoms with Crippen molar-refractivity contribution in [2.75, 3.05) is 30.9 Å². The van der Waals surface area contributed by atoms with Crippen LogP contribution in [0.5, 0.6) is 0 Å². The predicted octanol–water partition coefficient (Wildman–Crippen LogP) is 7.95. The first-order valence-electron chi connectivity index (χ1n) is 12.5. The first-order valence-corrected chi connectivity index (χ1v) is 14.9. The third-order valence-electron chi connectivity index (χ3n) is 5.96. The molecule has 0 radical (unpaired) electrons. The van der Waals surface area contributed by atoms with Crippen LogP contribution in [-0.2, 0) is 13.0 Å². The maximum absolute atomic E-state index is 3.27. The zero-order valence-corrected chi connectivity index (χ0v) is 22.7. The summed E-state index contributed by atoms with van der Waals surface area (Å²) < 4.78 is 0. The van der Waals surface area contributed by atoms with Gasteiger partial charge in [-0.2, -0.15) is 0 Å². The van der Waals surface area contributed by atoms with Crippen molar-refractivity contribution in [1.82, 2.24) is 4.90 Å². The van der Waals surface area contributed by atoms with Crippen LogP contribution < -0.4 is 0 Å². The normalized spacial score (nSPS) is 14.6. The minimum Gasteiger partial charge on any atom is -0.296 e. The Balaban J connectivity index is 2.01. The van der Waals surface area contributed by atoms with Crippen LogP contribution >= 0.6 is 10.0 Å². The molecule has 2 heteroatoms. The lowest BCUT2D eigenvalue weighted by Gasteiger charge is -2.37. The molecule has 2 aromatic rings. The van der Waals surface area contributed by atoms with Gasteiger partial charge in [0.1, 0.15) is 0 Å². The van der Waals surface area contributed by atoms with Crippen LogP contribution in [0.25, 0.3) is 0 Å². The van der Waals surface area contributed by atoms with E-state index in [4.69, 9.17) is 0 Å². The average molecular weight is 464 g/mol. The van der Waals surface area contributed by atoms with Gasteiger partial charge in [-0.25, -0.2) is 10.0 Å². The van der Waals surface area contributed by atoms with Crippen molar-refractivity contribution in [3.05, 3.63) is 77.9 Å². The van der Waals surface area contributed by atoms with E-state index in [1.54, 1.807) is 4.90 Å². The lowest BCUT2D eigenvalue weighted by molar-refractivity contribution is 0.311. The SMILES string of the molecule is CCCCS(C)(CCc1cccc(CN(CC)C/C=C/C#CC(C)(C)C)c1)c1ccccc1. The molecular formula is C31H45NS. The number of likely N-dealkylation sites (N-methyl/N-ethyl adjacent to an activating group) is 1. The summed E-state index contributed by atoms with van der Waals surface area (Å²) in [5.41, 5.74) is 2.94. The fourth-order valence-corrected chi connectivity index (χ4v) is 6.96. The quantitative estimate of drug-likeness (QED) is 0.289. The maximum Gasteiger partial charge on any atom is 0.0237 e. The van der Waals surface area contributed by atoms with E-state index in [0.29, 0.717) is 0 Å². The van der Waals surface area contributed by atoms with Gasteiger partial charge in [-0.15, -0.1) is 0 Å². The molecule has 0 bridgehead atoms. The summed E-state index contributed by atoms with van der Waals surface area (Å²) in [4.78, 5) is 4.03. The number of rotatable bonds is 12. The van der Waals surface area contributed by atoms with Crippen molar-refractivity contribution in [3.63, 3.8) is 0 Å². The molecule has 2 rings (SSSR count). The van der Waals surface area contributed by atoms with Gasteiger partial charge in [0.2, 0.25) is 0 Å². The first kappa shape index (κ1) is 27.3. The monoisotopic (exact) mass is 463 g/mol. The molecule has 0 heterocycles. The summed E-state index contributed by atoms with van der Waals surface area (Å²) in [6.45, 7) is 13.9. The molecule has 0 aliphatic rings. The third kappa shape index (κ3) is 10.2. The molecular weight excluding hydrogens is 418 g/mol. The summed E-state index contributed by atoms with van der Waals surface area (Å²) in [7, 11) is -0.779. The highest BCUT2D eigenvalue weighted by Gasteiger charge is 2.20. The van der Waals surface area contributed by atoms with Crippen LogP contribution in [-0.4, -0.2) is 35.8 Å². The highest BCUT2D eigenvalue weighted by atomic mass is 32.3. The zero-order valence-electron chi connectivity index (χ0n) is 21.9. The van der Waals surface area contributed by atoms with Crippen LogP contribution in [0.4, 0.5) is 0 Å². The van der Waals surface area contributed by atoms with Gasteiger partial charge in [-0.1, -0.05) is 92.8 Å². The number of allylic oxidation sites excluding steroid dienone is 1. The number of hydrogen-bond donors (Lipinski definition) is 0. The Kier molecular flexibility index (Phi) is 11.3. The summed E-state index contributed by atoms with van der Waals surface area (Å²) in [6.07, 6.45) is 10.5. The standard InChI is InChI=1S/C31H45NS/c1-7-9-24-33(6,30-19-12-10-13-20-30)25-21-28-17-16-18-29(26-28)27-32(8-2)23-15-11-14-22-31(3,4)5/h10-13,15-20,26H,7-9,21,23-25,27H2,1-6H3/b15-11+. The smallest absolute Gasteiger partial charge is 0.0237 e. The maximum atomic E-state index is 3.27. The highest BCUT2D eigenvalue weighted by Crippen LogP contribution is 2.53.